The first kappa shape index (κ1) is 16.0. The van der Waals surface area contributed by atoms with Gasteiger partial charge in [0.2, 0.25) is 5.95 Å². The Hall–Kier alpha value is -2.87. The molecule has 0 saturated carbocycles. The first-order valence-corrected chi connectivity index (χ1v) is 7.92. The van der Waals surface area contributed by atoms with Gasteiger partial charge in [0.15, 0.2) is 0 Å². The molecule has 122 valence electrons. The first-order chi connectivity index (χ1) is 11.6. The van der Waals surface area contributed by atoms with Gasteiger partial charge in [0, 0.05) is 41.0 Å². The van der Waals surface area contributed by atoms with Crippen molar-refractivity contribution in [2.24, 2.45) is 0 Å². The quantitative estimate of drug-likeness (QED) is 0.653. The molecule has 0 saturated heterocycles. The number of anilines is 4. The van der Waals surface area contributed by atoms with Gasteiger partial charge < -0.3 is 16.4 Å². The van der Waals surface area contributed by atoms with E-state index in [2.05, 4.69) is 25.6 Å². The molecule has 0 amide bonds. The standard InChI is InChI=1S/C16H15FN6S/c1-19-14-9-15(23-16(18)22-14)21-10-2-3-13(12(17)8-10)24-11-4-6-20-7-5-11/h2-9H,1H3,(H4,18,19,21,22,23). The Balaban J connectivity index is 1.78. The predicted molar refractivity (Wildman–Crippen MR) is 94.0 cm³/mol. The molecule has 0 aliphatic carbocycles. The van der Waals surface area contributed by atoms with Crippen molar-refractivity contribution in [1.82, 2.24) is 15.0 Å². The number of nitrogen functional groups attached to an aromatic ring is 1. The van der Waals surface area contributed by atoms with Crippen molar-refractivity contribution in [2.45, 2.75) is 9.79 Å². The Labute approximate surface area is 142 Å². The van der Waals surface area contributed by atoms with E-state index in [1.54, 1.807) is 37.6 Å². The van der Waals surface area contributed by atoms with Crippen molar-refractivity contribution < 1.29 is 4.39 Å². The number of nitrogens with zero attached hydrogens (tertiary/aromatic N) is 3. The molecular weight excluding hydrogens is 327 g/mol. The molecule has 0 aliphatic rings. The van der Waals surface area contributed by atoms with E-state index in [9.17, 15) is 4.39 Å². The number of rotatable bonds is 5. The van der Waals surface area contributed by atoms with Crippen molar-refractivity contribution in [2.75, 3.05) is 23.4 Å². The van der Waals surface area contributed by atoms with Crippen molar-refractivity contribution in [3.63, 3.8) is 0 Å². The number of hydrogen-bond donors (Lipinski definition) is 3. The maximum absolute atomic E-state index is 14.3. The van der Waals surface area contributed by atoms with Crippen LogP contribution in [0.5, 0.6) is 0 Å². The van der Waals surface area contributed by atoms with Gasteiger partial charge in [0.1, 0.15) is 17.5 Å². The smallest absolute Gasteiger partial charge is 0.223 e. The summed E-state index contributed by atoms with van der Waals surface area (Å²) in [6, 6.07) is 10.3. The highest BCUT2D eigenvalue weighted by molar-refractivity contribution is 7.99. The molecule has 0 bridgehead atoms. The molecule has 24 heavy (non-hydrogen) atoms. The summed E-state index contributed by atoms with van der Waals surface area (Å²) < 4.78 is 14.3. The van der Waals surface area contributed by atoms with Gasteiger partial charge in [-0.2, -0.15) is 9.97 Å². The number of aromatic nitrogens is 3. The van der Waals surface area contributed by atoms with Crippen LogP contribution in [0, 0.1) is 5.82 Å². The van der Waals surface area contributed by atoms with Gasteiger partial charge in [-0.3, -0.25) is 4.98 Å². The van der Waals surface area contributed by atoms with Gasteiger partial charge in [-0.1, -0.05) is 11.8 Å². The summed E-state index contributed by atoms with van der Waals surface area (Å²) in [5.41, 5.74) is 6.22. The number of nitrogens with two attached hydrogens (primary N) is 1. The Morgan fingerprint density at radius 1 is 1.04 bits per heavy atom. The molecular formula is C16H15FN6S. The predicted octanol–water partition coefficient (Wildman–Crippen LogP) is 3.53. The third-order valence-corrected chi connectivity index (χ3v) is 4.14. The van der Waals surface area contributed by atoms with Crippen LogP contribution >= 0.6 is 11.8 Å². The zero-order valence-corrected chi connectivity index (χ0v) is 13.6. The fraction of sp³-hybridized carbons (Fsp3) is 0.0625. The molecule has 0 atom stereocenters. The third-order valence-electron chi connectivity index (χ3n) is 3.08. The number of nitrogens with one attached hydrogen (secondary N) is 2. The summed E-state index contributed by atoms with van der Waals surface area (Å²) in [7, 11) is 1.73. The van der Waals surface area contributed by atoms with Crippen LogP contribution in [-0.4, -0.2) is 22.0 Å². The lowest BCUT2D eigenvalue weighted by Gasteiger charge is -2.10. The Kier molecular flexibility index (Phi) is 4.76. The van der Waals surface area contributed by atoms with E-state index in [-0.39, 0.29) is 11.8 Å². The zero-order valence-electron chi connectivity index (χ0n) is 12.8. The van der Waals surface area contributed by atoms with Gasteiger partial charge in [-0.05, 0) is 30.3 Å². The Morgan fingerprint density at radius 2 is 1.79 bits per heavy atom. The lowest BCUT2D eigenvalue weighted by molar-refractivity contribution is 0.602. The molecule has 0 unspecified atom stereocenters. The van der Waals surface area contributed by atoms with E-state index in [1.807, 2.05) is 12.1 Å². The fourth-order valence-electron chi connectivity index (χ4n) is 2.00. The number of pyridine rings is 1. The second-order valence-corrected chi connectivity index (χ2v) is 5.92. The van der Waals surface area contributed by atoms with Crippen molar-refractivity contribution in [3.05, 3.63) is 54.6 Å². The van der Waals surface area contributed by atoms with E-state index >= 15 is 0 Å². The SMILES string of the molecule is CNc1cc(Nc2ccc(Sc3ccncc3)c(F)c2)nc(N)n1. The van der Waals surface area contributed by atoms with Crippen LogP contribution in [0.1, 0.15) is 0 Å². The molecule has 3 aromatic rings. The largest absolute Gasteiger partial charge is 0.373 e. The summed E-state index contributed by atoms with van der Waals surface area (Å²) >= 11 is 1.34. The van der Waals surface area contributed by atoms with Crippen LogP contribution in [0.3, 0.4) is 0 Å². The van der Waals surface area contributed by atoms with Gasteiger partial charge in [0.25, 0.3) is 0 Å². The monoisotopic (exact) mass is 342 g/mol. The molecule has 0 aliphatic heterocycles. The van der Waals surface area contributed by atoms with Crippen LogP contribution in [0.2, 0.25) is 0 Å². The van der Waals surface area contributed by atoms with Crippen LogP contribution in [0.25, 0.3) is 0 Å². The van der Waals surface area contributed by atoms with E-state index in [0.29, 0.717) is 22.2 Å². The highest BCUT2D eigenvalue weighted by Crippen LogP contribution is 2.31. The van der Waals surface area contributed by atoms with Crippen LogP contribution in [0.15, 0.2) is 58.6 Å². The van der Waals surface area contributed by atoms with Crippen LogP contribution < -0.4 is 16.4 Å². The maximum atomic E-state index is 14.3. The fourth-order valence-corrected chi connectivity index (χ4v) is 2.80. The third kappa shape index (κ3) is 3.90. The van der Waals surface area contributed by atoms with Gasteiger partial charge in [-0.15, -0.1) is 0 Å². The van der Waals surface area contributed by atoms with Crippen LogP contribution in [0.4, 0.5) is 27.7 Å². The summed E-state index contributed by atoms with van der Waals surface area (Å²) in [5.74, 6) is 0.878. The summed E-state index contributed by atoms with van der Waals surface area (Å²) in [4.78, 5) is 13.5. The highest BCUT2D eigenvalue weighted by atomic mass is 32.2. The minimum absolute atomic E-state index is 0.134. The topological polar surface area (TPSA) is 88.8 Å². The second-order valence-electron chi connectivity index (χ2n) is 4.80. The molecule has 4 N–H and O–H groups in total. The van der Waals surface area contributed by atoms with E-state index in [1.165, 1.54) is 17.8 Å². The molecule has 8 heteroatoms. The van der Waals surface area contributed by atoms with Crippen molar-refractivity contribution in [3.8, 4) is 0 Å². The van der Waals surface area contributed by atoms with Gasteiger partial charge in [-0.25, -0.2) is 4.39 Å². The number of hydrogen-bond acceptors (Lipinski definition) is 7. The minimum atomic E-state index is -0.322. The first-order valence-electron chi connectivity index (χ1n) is 7.11. The second kappa shape index (κ2) is 7.14. The molecule has 0 fully saturated rings. The maximum Gasteiger partial charge on any atom is 0.223 e. The molecule has 3 rings (SSSR count). The highest BCUT2D eigenvalue weighted by Gasteiger charge is 2.07. The van der Waals surface area contributed by atoms with E-state index in [0.717, 1.165) is 4.90 Å². The number of benzene rings is 1. The minimum Gasteiger partial charge on any atom is -0.373 e. The number of halogens is 1. The summed E-state index contributed by atoms with van der Waals surface area (Å²) in [6.07, 6.45) is 3.35. The molecule has 0 radical (unpaired) electrons. The Morgan fingerprint density at radius 3 is 2.50 bits per heavy atom. The van der Waals surface area contributed by atoms with E-state index in [4.69, 9.17) is 5.73 Å². The summed E-state index contributed by atoms with van der Waals surface area (Å²) in [5, 5.41) is 5.91. The Bertz CT molecular complexity index is 843. The lowest BCUT2D eigenvalue weighted by atomic mass is 10.3. The average Bonchev–Trinajstić information content (AvgIpc) is 2.58. The molecule has 1 aromatic carbocycles. The lowest BCUT2D eigenvalue weighted by Crippen LogP contribution is -2.03. The average molecular weight is 342 g/mol. The molecule has 2 aromatic heterocycles. The van der Waals surface area contributed by atoms with Gasteiger partial charge >= 0.3 is 0 Å². The zero-order chi connectivity index (χ0) is 16.9. The van der Waals surface area contributed by atoms with Crippen molar-refractivity contribution in [1.29, 1.82) is 0 Å². The van der Waals surface area contributed by atoms with Crippen molar-refractivity contribution >= 4 is 35.0 Å². The molecule has 0 spiro atoms. The van der Waals surface area contributed by atoms with Gasteiger partial charge in [0.05, 0.1) is 0 Å². The van der Waals surface area contributed by atoms with E-state index < -0.39 is 0 Å². The normalized spacial score (nSPS) is 10.4. The van der Waals surface area contributed by atoms with Crippen LogP contribution in [-0.2, 0) is 0 Å². The molecule has 2 heterocycles. The summed E-state index contributed by atoms with van der Waals surface area (Å²) in [6.45, 7) is 0. The molecule has 6 nitrogen and oxygen atoms in total.